The highest BCUT2D eigenvalue weighted by molar-refractivity contribution is 7.20. The predicted molar refractivity (Wildman–Crippen MR) is 126 cm³/mol. The average Bonchev–Trinajstić information content (AvgIpc) is 2.96. The van der Waals surface area contributed by atoms with Crippen molar-refractivity contribution in [3.8, 4) is 10.4 Å². The Morgan fingerprint density at radius 3 is 2.14 bits per heavy atom. The number of hydrogen-bond donors (Lipinski definition) is 1. The summed E-state index contributed by atoms with van der Waals surface area (Å²) in [5.74, 6) is 0.438. The third-order valence-electron chi connectivity index (χ3n) is 4.91. The van der Waals surface area contributed by atoms with Gasteiger partial charge in [-0.1, -0.05) is 70.5 Å². The van der Waals surface area contributed by atoms with Crippen molar-refractivity contribution >= 4 is 33.7 Å². The molecule has 0 saturated heterocycles. The molecule has 0 bridgehead atoms. The zero-order valence-electron chi connectivity index (χ0n) is 17.7. The van der Waals surface area contributed by atoms with Crippen molar-refractivity contribution in [2.24, 2.45) is 5.41 Å². The van der Waals surface area contributed by atoms with Crippen molar-refractivity contribution in [1.29, 1.82) is 0 Å². The van der Waals surface area contributed by atoms with E-state index in [2.05, 4.69) is 58.9 Å². The number of hydrogen-bond acceptors (Lipinski definition) is 3. The molecular weight excluding hydrogens is 398 g/mol. The summed E-state index contributed by atoms with van der Waals surface area (Å²) in [5, 5.41) is 1.19. The Balaban J connectivity index is 2.13. The van der Waals surface area contributed by atoms with Crippen molar-refractivity contribution in [2.75, 3.05) is 5.73 Å². The molecule has 2 aromatic carbocycles. The van der Waals surface area contributed by atoms with Crippen molar-refractivity contribution in [3.05, 3.63) is 75.8 Å². The number of nitrogens with two attached hydrogens (primary N) is 1. The van der Waals surface area contributed by atoms with Gasteiger partial charge in [-0.15, -0.1) is 11.3 Å². The molecule has 0 atom stereocenters. The van der Waals surface area contributed by atoms with Gasteiger partial charge in [0.2, 0.25) is 0 Å². The van der Waals surface area contributed by atoms with E-state index in [9.17, 15) is 4.79 Å². The standard InChI is InChI=1S/C25H28ClNOS/c1-15(2)16-6-8-18(9-7-16)23-20(14-25(3,4)5)21(24(27)29-23)22(28)17-10-12-19(26)13-11-17/h6-13,15H,14,27H2,1-5H3. The lowest BCUT2D eigenvalue weighted by Gasteiger charge is -2.20. The summed E-state index contributed by atoms with van der Waals surface area (Å²) in [6.07, 6.45) is 0.774. The Hall–Kier alpha value is -2.10. The van der Waals surface area contributed by atoms with E-state index in [1.807, 2.05) is 0 Å². The van der Waals surface area contributed by atoms with Crippen LogP contribution in [0.25, 0.3) is 10.4 Å². The normalized spacial score (nSPS) is 11.8. The van der Waals surface area contributed by atoms with Crippen LogP contribution in [-0.2, 0) is 6.42 Å². The van der Waals surface area contributed by atoms with Gasteiger partial charge in [0.1, 0.15) is 0 Å². The lowest BCUT2D eigenvalue weighted by atomic mass is 9.84. The topological polar surface area (TPSA) is 43.1 Å². The Bertz CT molecular complexity index is 1010. The molecule has 0 unspecified atom stereocenters. The summed E-state index contributed by atoms with van der Waals surface area (Å²) in [5.41, 5.74) is 11.1. The van der Waals surface area contributed by atoms with E-state index in [1.165, 1.54) is 16.9 Å². The molecule has 4 heteroatoms. The van der Waals surface area contributed by atoms with Gasteiger partial charge in [-0.05, 0) is 58.7 Å². The van der Waals surface area contributed by atoms with Gasteiger partial charge in [0.25, 0.3) is 0 Å². The molecule has 0 aliphatic heterocycles. The molecule has 2 N–H and O–H groups in total. The minimum Gasteiger partial charge on any atom is -0.390 e. The molecule has 1 heterocycles. The molecule has 0 spiro atoms. The third-order valence-corrected chi connectivity index (χ3v) is 6.28. The van der Waals surface area contributed by atoms with Crippen LogP contribution < -0.4 is 5.73 Å². The quantitative estimate of drug-likeness (QED) is 0.427. The number of carbonyl (C=O) groups is 1. The van der Waals surface area contributed by atoms with Gasteiger partial charge in [-0.2, -0.15) is 0 Å². The van der Waals surface area contributed by atoms with Gasteiger partial charge in [0.05, 0.1) is 10.6 Å². The number of halogens is 1. The summed E-state index contributed by atoms with van der Waals surface area (Å²) in [7, 11) is 0. The first-order valence-corrected chi connectivity index (χ1v) is 11.1. The van der Waals surface area contributed by atoms with E-state index in [-0.39, 0.29) is 11.2 Å². The van der Waals surface area contributed by atoms with E-state index in [1.54, 1.807) is 24.3 Å². The van der Waals surface area contributed by atoms with Crippen LogP contribution in [0.2, 0.25) is 5.02 Å². The minimum atomic E-state index is -0.0419. The van der Waals surface area contributed by atoms with Gasteiger partial charge in [0, 0.05) is 15.5 Å². The van der Waals surface area contributed by atoms with Gasteiger partial charge in [-0.3, -0.25) is 4.79 Å². The molecule has 152 valence electrons. The third kappa shape index (κ3) is 4.91. The first-order valence-electron chi connectivity index (χ1n) is 9.88. The Morgan fingerprint density at radius 2 is 1.62 bits per heavy atom. The molecule has 3 aromatic rings. The second-order valence-corrected chi connectivity index (χ2v) is 10.5. The molecule has 3 rings (SSSR count). The SMILES string of the molecule is CC(C)c1ccc(-c2sc(N)c(C(=O)c3ccc(Cl)cc3)c2CC(C)(C)C)cc1. The molecule has 1 aromatic heterocycles. The van der Waals surface area contributed by atoms with Crippen LogP contribution >= 0.6 is 22.9 Å². The average molecular weight is 426 g/mol. The summed E-state index contributed by atoms with van der Waals surface area (Å²) in [4.78, 5) is 14.4. The van der Waals surface area contributed by atoms with Crippen molar-refractivity contribution in [2.45, 2.75) is 47.0 Å². The second kappa shape index (κ2) is 8.33. The number of rotatable bonds is 5. The zero-order chi connectivity index (χ0) is 21.3. The molecule has 0 radical (unpaired) electrons. The van der Waals surface area contributed by atoms with E-state index in [4.69, 9.17) is 17.3 Å². The maximum absolute atomic E-state index is 13.4. The molecule has 0 aliphatic carbocycles. The number of ketones is 1. The fraction of sp³-hybridized carbons (Fsp3) is 0.320. The van der Waals surface area contributed by atoms with Crippen molar-refractivity contribution in [1.82, 2.24) is 0 Å². The van der Waals surface area contributed by atoms with Crippen LogP contribution in [0.4, 0.5) is 5.00 Å². The number of thiophene rings is 1. The van der Waals surface area contributed by atoms with Crippen molar-refractivity contribution in [3.63, 3.8) is 0 Å². The number of anilines is 1. The first-order chi connectivity index (χ1) is 13.6. The van der Waals surface area contributed by atoms with Crippen LogP contribution in [-0.4, -0.2) is 5.78 Å². The van der Waals surface area contributed by atoms with Crippen LogP contribution in [0.1, 0.15) is 67.6 Å². The van der Waals surface area contributed by atoms with E-state index < -0.39 is 0 Å². The maximum atomic E-state index is 13.4. The second-order valence-electron chi connectivity index (χ2n) is 9.00. The summed E-state index contributed by atoms with van der Waals surface area (Å²) in [6, 6.07) is 15.6. The fourth-order valence-corrected chi connectivity index (χ4v) is 4.65. The van der Waals surface area contributed by atoms with Gasteiger partial charge >= 0.3 is 0 Å². The Morgan fingerprint density at radius 1 is 1.03 bits per heavy atom. The molecule has 0 amide bonds. The minimum absolute atomic E-state index is 0.0230. The lowest BCUT2D eigenvalue weighted by molar-refractivity contribution is 0.103. The number of benzene rings is 2. The van der Waals surface area contributed by atoms with Crippen LogP contribution in [0.15, 0.2) is 48.5 Å². The van der Waals surface area contributed by atoms with E-state index in [0.717, 1.165) is 22.4 Å². The van der Waals surface area contributed by atoms with Crippen LogP contribution in [0.5, 0.6) is 0 Å². The smallest absolute Gasteiger partial charge is 0.196 e. The van der Waals surface area contributed by atoms with E-state index in [0.29, 0.717) is 27.1 Å². The molecule has 0 fully saturated rings. The van der Waals surface area contributed by atoms with Crippen LogP contribution in [0.3, 0.4) is 0 Å². The summed E-state index contributed by atoms with van der Waals surface area (Å²) < 4.78 is 0. The van der Waals surface area contributed by atoms with Gasteiger partial charge < -0.3 is 5.73 Å². The monoisotopic (exact) mass is 425 g/mol. The highest BCUT2D eigenvalue weighted by atomic mass is 35.5. The first kappa shape index (κ1) is 21.6. The Labute approximate surface area is 182 Å². The molecule has 29 heavy (non-hydrogen) atoms. The summed E-state index contributed by atoms with van der Waals surface area (Å²) in [6.45, 7) is 10.9. The molecule has 0 aliphatic rings. The molecule has 2 nitrogen and oxygen atoms in total. The zero-order valence-corrected chi connectivity index (χ0v) is 19.2. The molecular formula is C25H28ClNOS. The fourth-order valence-electron chi connectivity index (χ4n) is 3.43. The largest absolute Gasteiger partial charge is 0.390 e. The van der Waals surface area contributed by atoms with E-state index >= 15 is 0 Å². The van der Waals surface area contributed by atoms with Crippen molar-refractivity contribution < 1.29 is 4.79 Å². The Kier molecular flexibility index (Phi) is 6.21. The highest BCUT2D eigenvalue weighted by Crippen LogP contribution is 2.42. The lowest BCUT2D eigenvalue weighted by Crippen LogP contribution is -2.14. The number of nitrogen functional groups attached to an aromatic ring is 1. The van der Waals surface area contributed by atoms with Gasteiger partial charge in [-0.25, -0.2) is 0 Å². The summed E-state index contributed by atoms with van der Waals surface area (Å²) >= 11 is 7.50. The maximum Gasteiger partial charge on any atom is 0.196 e. The van der Waals surface area contributed by atoms with Gasteiger partial charge in [0.15, 0.2) is 5.78 Å². The predicted octanol–water partition coefficient (Wildman–Crippen LogP) is 7.59. The number of carbonyl (C=O) groups excluding carboxylic acids is 1. The highest BCUT2D eigenvalue weighted by Gasteiger charge is 2.27. The molecule has 0 saturated carbocycles. The van der Waals surface area contributed by atoms with Crippen LogP contribution in [0, 0.1) is 5.41 Å².